The number of nitrogens with two attached hydrogens (primary N) is 1. The number of halogens is 2. The van der Waals surface area contributed by atoms with Gasteiger partial charge in [-0.05, 0) is 31.4 Å². The third kappa shape index (κ3) is 2.78. The van der Waals surface area contributed by atoms with Gasteiger partial charge in [-0.15, -0.1) is 0 Å². The fraction of sp³-hybridized carbons (Fsp3) is 0.538. The molecule has 1 unspecified atom stereocenters. The second-order valence-electron chi connectivity index (χ2n) is 4.85. The Balaban J connectivity index is 2.47. The largest absolute Gasteiger partial charge is 0.366 e. The first kappa shape index (κ1) is 15.2. The van der Waals surface area contributed by atoms with Crippen molar-refractivity contribution >= 4 is 15.5 Å². The van der Waals surface area contributed by atoms with Gasteiger partial charge in [-0.25, -0.2) is 8.42 Å². The normalized spacial score (nSPS) is 20.4. The highest BCUT2D eigenvalue weighted by Gasteiger charge is 2.32. The number of hydrogen-bond donors (Lipinski definition) is 1. The lowest BCUT2D eigenvalue weighted by molar-refractivity contribution is 0.234. The monoisotopic (exact) mass is 304 g/mol. The van der Waals surface area contributed by atoms with Crippen molar-refractivity contribution in [3.8, 4) is 0 Å². The zero-order chi connectivity index (χ0) is 14.8. The van der Waals surface area contributed by atoms with Gasteiger partial charge in [-0.3, -0.25) is 0 Å². The SMILES string of the molecule is NCC1CCCCN1c1ccccc1S(=O)(=O)C(F)F. The summed E-state index contributed by atoms with van der Waals surface area (Å²) in [5.74, 6) is -3.41. The van der Waals surface area contributed by atoms with E-state index in [-0.39, 0.29) is 10.9 Å². The minimum atomic E-state index is -4.60. The number of piperidine rings is 1. The summed E-state index contributed by atoms with van der Waals surface area (Å²) in [5, 5.41) is 0. The molecule has 0 aromatic heterocycles. The Morgan fingerprint density at radius 3 is 2.65 bits per heavy atom. The number of alkyl halides is 2. The van der Waals surface area contributed by atoms with E-state index in [0.29, 0.717) is 18.8 Å². The molecule has 0 radical (unpaired) electrons. The maximum absolute atomic E-state index is 12.8. The van der Waals surface area contributed by atoms with Crippen LogP contribution in [0.1, 0.15) is 19.3 Å². The molecule has 2 rings (SSSR count). The van der Waals surface area contributed by atoms with Crippen LogP contribution in [-0.2, 0) is 9.84 Å². The minimum absolute atomic E-state index is 0.00206. The number of nitrogens with zero attached hydrogens (tertiary/aromatic N) is 1. The molecule has 1 aliphatic rings. The zero-order valence-corrected chi connectivity index (χ0v) is 11.8. The molecular weight excluding hydrogens is 286 g/mol. The summed E-state index contributed by atoms with van der Waals surface area (Å²) in [5.41, 5.74) is 6.05. The first-order chi connectivity index (χ1) is 9.48. The Kier molecular flexibility index (Phi) is 4.59. The molecular formula is C13H18F2N2O2S. The van der Waals surface area contributed by atoms with Crippen LogP contribution in [-0.4, -0.2) is 33.3 Å². The summed E-state index contributed by atoms with van der Waals surface area (Å²) in [4.78, 5) is 1.54. The predicted molar refractivity (Wildman–Crippen MR) is 73.7 cm³/mol. The summed E-state index contributed by atoms with van der Waals surface area (Å²) in [6, 6.07) is 5.92. The summed E-state index contributed by atoms with van der Waals surface area (Å²) in [6.45, 7) is 1.01. The van der Waals surface area contributed by atoms with Crippen molar-refractivity contribution in [3.63, 3.8) is 0 Å². The Bertz CT molecular complexity index is 563. The molecule has 0 aliphatic carbocycles. The van der Waals surface area contributed by atoms with Crippen LogP contribution in [0.15, 0.2) is 29.2 Å². The third-order valence-electron chi connectivity index (χ3n) is 3.61. The molecule has 1 aliphatic heterocycles. The van der Waals surface area contributed by atoms with Crippen molar-refractivity contribution in [2.24, 2.45) is 5.73 Å². The highest BCUT2D eigenvalue weighted by atomic mass is 32.2. The molecule has 1 aromatic carbocycles. The van der Waals surface area contributed by atoms with Crippen LogP contribution < -0.4 is 10.6 Å². The lowest BCUT2D eigenvalue weighted by atomic mass is 10.0. The summed E-state index contributed by atoms with van der Waals surface area (Å²) < 4.78 is 49.2. The molecule has 2 N–H and O–H groups in total. The van der Waals surface area contributed by atoms with Gasteiger partial charge in [0.1, 0.15) is 0 Å². The number of anilines is 1. The van der Waals surface area contributed by atoms with Crippen molar-refractivity contribution < 1.29 is 17.2 Å². The Hall–Kier alpha value is -1.21. The number of rotatable bonds is 4. The fourth-order valence-corrected chi connectivity index (χ4v) is 3.53. The first-order valence-corrected chi connectivity index (χ1v) is 8.11. The zero-order valence-electron chi connectivity index (χ0n) is 11.0. The van der Waals surface area contributed by atoms with Gasteiger partial charge in [0, 0.05) is 19.1 Å². The molecule has 4 nitrogen and oxygen atoms in total. The lowest BCUT2D eigenvalue weighted by Crippen LogP contribution is -2.44. The van der Waals surface area contributed by atoms with Gasteiger partial charge < -0.3 is 10.6 Å². The van der Waals surface area contributed by atoms with Crippen LogP contribution in [0.25, 0.3) is 0 Å². The average Bonchev–Trinajstić information content (AvgIpc) is 2.47. The molecule has 112 valence electrons. The molecule has 0 saturated carbocycles. The van der Waals surface area contributed by atoms with E-state index in [1.54, 1.807) is 12.1 Å². The molecule has 1 heterocycles. The van der Waals surface area contributed by atoms with Crippen LogP contribution in [0.3, 0.4) is 0 Å². The maximum Gasteiger partial charge on any atom is 0.341 e. The van der Waals surface area contributed by atoms with E-state index in [4.69, 9.17) is 5.73 Å². The van der Waals surface area contributed by atoms with Crippen molar-refractivity contribution in [1.82, 2.24) is 0 Å². The quantitative estimate of drug-likeness (QED) is 0.924. The molecule has 0 spiro atoms. The molecule has 1 fully saturated rings. The average molecular weight is 304 g/mol. The molecule has 0 bridgehead atoms. The number of para-hydroxylation sites is 1. The third-order valence-corrected chi connectivity index (χ3v) is 5.04. The Labute approximate surface area is 117 Å². The van der Waals surface area contributed by atoms with Crippen molar-refractivity contribution in [1.29, 1.82) is 0 Å². The van der Waals surface area contributed by atoms with E-state index in [1.165, 1.54) is 12.1 Å². The van der Waals surface area contributed by atoms with E-state index in [0.717, 1.165) is 19.3 Å². The number of hydrogen-bond acceptors (Lipinski definition) is 4. The standard InChI is InChI=1S/C13H18F2N2O2S/c14-13(15)20(18,19)12-7-2-1-6-11(12)17-8-4-3-5-10(17)9-16/h1-2,6-7,10,13H,3-5,8-9,16H2. The van der Waals surface area contributed by atoms with E-state index in [2.05, 4.69) is 0 Å². The van der Waals surface area contributed by atoms with Gasteiger partial charge in [-0.2, -0.15) is 8.78 Å². The van der Waals surface area contributed by atoms with Crippen molar-refractivity contribution in [2.75, 3.05) is 18.0 Å². The predicted octanol–water partition coefficient (Wildman–Crippen LogP) is 2.00. The van der Waals surface area contributed by atoms with Crippen LogP contribution in [0, 0.1) is 0 Å². The highest BCUT2D eigenvalue weighted by molar-refractivity contribution is 7.91. The Morgan fingerprint density at radius 2 is 2.00 bits per heavy atom. The summed E-state index contributed by atoms with van der Waals surface area (Å²) in [6.07, 6.45) is 2.77. The fourth-order valence-electron chi connectivity index (χ4n) is 2.59. The number of benzene rings is 1. The van der Waals surface area contributed by atoms with E-state index >= 15 is 0 Å². The molecule has 1 saturated heterocycles. The second kappa shape index (κ2) is 6.05. The van der Waals surface area contributed by atoms with Crippen LogP contribution in [0.4, 0.5) is 14.5 Å². The van der Waals surface area contributed by atoms with Crippen LogP contribution in [0.2, 0.25) is 0 Å². The smallest absolute Gasteiger partial charge is 0.341 e. The van der Waals surface area contributed by atoms with Gasteiger partial charge in [0.15, 0.2) is 0 Å². The first-order valence-electron chi connectivity index (χ1n) is 6.56. The summed E-state index contributed by atoms with van der Waals surface area (Å²) >= 11 is 0. The van der Waals surface area contributed by atoms with Crippen molar-refractivity contribution in [3.05, 3.63) is 24.3 Å². The van der Waals surface area contributed by atoms with Gasteiger partial charge in [0.25, 0.3) is 0 Å². The highest BCUT2D eigenvalue weighted by Crippen LogP contribution is 2.32. The van der Waals surface area contributed by atoms with Gasteiger partial charge in [0.2, 0.25) is 9.84 Å². The Morgan fingerprint density at radius 1 is 1.30 bits per heavy atom. The maximum atomic E-state index is 12.8. The van der Waals surface area contributed by atoms with Crippen molar-refractivity contribution in [2.45, 2.75) is 36.0 Å². The van der Waals surface area contributed by atoms with Crippen LogP contribution in [0.5, 0.6) is 0 Å². The summed E-state index contributed by atoms with van der Waals surface area (Å²) in [7, 11) is -4.60. The van der Waals surface area contributed by atoms with E-state index in [9.17, 15) is 17.2 Å². The van der Waals surface area contributed by atoms with Gasteiger partial charge in [0.05, 0.1) is 10.6 Å². The van der Waals surface area contributed by atoms with Gasteiger partial charge in [-0.1, -0.05) is 12.1 Å². The second-order valence-corrected chi connectivity index (χ2v) is 6.74. The van der Waals surface area contributed by atoms with E-state index in [1.807, 2.05) is 4.90 Å². The van der Waals surface area contributed by atoms with Crippen LogP contribution >= 0.6 is 0 Å². The molecule has 1 atom stereocenters. The molecule has 0 amide bonds. The topological polar surface area (TPSA) is 63.4 Å². The lowest BCUT2D eigenvalue weighted by Gasteiger charge is -2.37. The minimum Gasteiger partial charge on any atom is -0.366 e. The molecule has 7 heteroatoms. The molecule has 1 aromatic rings. The van der Waals surface area contributed by atoms with Gasteiger partial charge >= 0.3 is 5.76 Å². The molecule has 20 heavy (non-hydrogen) atoms. The van der Waals surface area contributed by atoms with E-state index < -0.39 is 15.6 Å². The number of sulfone groups is 1.